The zero-order valence-electron chi connectivity index (χ0n) is 18.7. The number of alkyl halides is 3. The van der Waals surface area contributed by atoms with E-state index in [1.54, 1.807) is 14.2 Å². The van der Waals surface area contributed by atoms with Crippen LogP contribution in [0.1, 0.15) is 30.5 Å². The third-order valence-electron chi connectivity index (χ3n) is 5.64. The summed E-state index contributed by atoms with van der Waals surface area (Å²) >= 11 is 0. The topological polar surface area (TPSA) is 58.1 Å². The fourth-order valence-corrected chi connectivity index (χ4v) is 3.93. The summed E-state index contributed by atoms with van der Waals surface area (Å²) in [5.74, 6) is 1.92. The van der Waals surface area contributed by atoms with Gasteiger partial charge in [-0.3, -0.25) is 10.3 Å². The molecule has 0 saturated heterocycles. The quantitative estimate of drug-likeness (QED) is 0.657. The van der Waals surface area contributed by atoms with Crippen LogP contribution in [0.15, 0.2) is 65.6 Å². The zero-order chi connectivity index (χ0) is 23.8. The maximum Gasteiger partial charge on any atom is 0.416 e. The van der Waals surface area contributed by atoms with Crippen LogP contribution >= 0.6 is 0 Å². The van der Waals surface area contributed by atoms with Crippen molar-refractivity contribution in [1.82, 2.24) is 15.8 Å². The van der Waals surface area contributed by atoms with Gasteiger partial charge in [0.2, 0.25) is 0 Å². The van der Waals surface area contributed by atoms with Crippen molar-refractivity contribution in [2.24, 2.45) is 4.99 Å². The molecule has 1 atom stereocenters. The Morgan fingerprint density at radius 3 is 2.39 bits per heavy atom. The van der Waals surface area contributed by atoms with Gasteiger partial charge in [0.15, 0.2) is 17.3 Å². The lowest BCUT2D eigenvalue weighted by Gasteiger charge is -2.31. The molecule has 4 rings (SSSR count). The van der Waals surface area contributed by atoms with Crippen molar-refractivity contribution >= 4 is 11.3 Å². The number of rotatable bonds is 6. The van der Waals surface area contributed by atoms with Gasteiger partial charge in [0.1, 0.15) is 5.66 Å². The molecule has 0 bridgehead atoms. The first-order valence-corrected chi connectivity index (χ1v) is 10.3. The first kappa shape index (κ1) is 22.9. The summed E-state index contributed by atoms with van der Waals surface area (Å²) in [6, 6.07) is 10.8. The van der Waals surface area contributed by atoms with Gasteiger partial charge in [-0.25, -0.2) is 10.4 Å². The largest absolute Gasteiger partial charge is 0.493 e. The number of hydrogen-bond donors (Lipinski definition) is 2. The van der Waals surface area contributed by atoms with E-state index in [-0.39, 0.29) is 0 Å². The molecule has 0 amide bonds. The van der Waals surface area contributed by atoms with Gasteiger partial charge in [-0.2, -0.15) is 13.2 Å². The summed E-state index contributed by atoms with van der Waals surface area (Å²) in [6.07, 6.45) is -0.574. The molecular formula is C24H25F3N4O2. The average molecular weight is 458 g/mol. The predicted octanol–water partition coefficient (Wildman–Crippen LogP) is 4.71. The van der Waals surface area contributed by atoms with E-state index in [2.05, 4.69) is 10.7 Å². The Labute approximate surface area is 190 Å². The number of fused-ring (bicyclic) bond motifs is 1. The van der Waals surface area contributed by atoms with Crippen molar-refractivity contribution in [3.63, 3.8) is 0 Å². The predicted molar refractivity (Wildman–Crippen MR) is 120 cm³/mol. The average Bonchev–Trinajstić information content (AvgIpc) is 3.08. The second-order valence-corrected chi connectivity index (χ2v) is 7.99. The van der Waals surface area contributed by atoms with Crippen LogP contribution in [0.4, 0.5) is 13.2 Å². The van der Waals surface area contributed by atoms with E-state index in [0.29, 0.717) is 18.0 Å². The van der Waals surface area contributed by atoms with Crippen molar-refractivity contribution in [2.45, 2.75) is 32.2 Å². The molecular weight excluding hydrogens is 433 g/mol. The van der Waals surface area contributed by atoms with Crippen molar-refractivity contribution < 1.29 is 22.6 Å². The summed E-state index contributed by atoms with van der Waals surface area (Å²) in [6.45, 7) is 4.22. The van der Waals surface area contributed by atoms with E-state index in [1.807, 2.05) is 49.3 Å². The first-order chi connectivity index (χ1) is 15.6. The van der Waals surface area contributed by atoms with Gasteiger partial charge in [-0.05, 0) is 55.3 Å². The van der Waals surface area contributed by atoms with Gasteiger partial charge in [-0.15, -0.1) is 0 Å². The van der Waals surface area contributed by atoms with Crippen LogP contribution < -0.4 is 20.2 Å². The van der Waals surface area contributed by atoms with Crippen molar-refractivity contribution in [1.29, 1.82) is 0 Å². The summed E-state index contributed by atoms with van der Waals surface area (Å²) < 4.78 is 49.5. The maximum absolute atomic E-state index is 12.9. The number of aliphatic imine (C=N–C) groups is 1. The Morgan fingerprint density at radius 2 is 1.76 bits per heavy atom. The molecule has 0 radical (unpaired) electrons. The minimum Gasteiger partial charge on any atom is -0.493 e. The molecule has 0 spiro atoms. The molecule has 2 heterocycles. The molecule has 0 saturated carbocycles. The number of nitrogens with one attached hydrogen (secondary N) is 2. The molecule has 1 unspecified atom stereocenters. The summed E-state index contributed by atoms with van der Waals surface area (Å²) in [7, 11) is 3.15. The Morgan fingerprint density at radius 1 is 1.06 bits per heavy atom. The molecule has 6 nitrogen and oxygen atoms in total. The third-order valence-corrected chi connectivity index (χ3v) is 5.64. The first-order valence-electron chi connectivity index (χ1n) is 10.3. The van der Waals surface area contributed by atoms with Crippen LogP contribution in [0, 0.1) is 0 Å². The summed E-state index contributed by atoms with van der Waals surface area (Å²) in [5.41, 5.74) is 5.30. The molecule has 2 aliphatic heterocycles. The van der Waals surface area contributed by atoms with Crippen LogP contribution in [0.2, 0.25) is 0 Å². The van der Waals surface area contributed by atoms with Crippen molar-refractivity contribution in [3.05, 3.63) is 77.3 Å². The van der Waals surface area contributed by atoms with Crippen molar-refractivity contribution in [3.8, 4) is 11.5 Å². The minimum absolute atomic E-state index is 0.339. The second kappa shape index (κ2) is 8.57. The molecule has 174 valence electrons. The monoisotopic (exact) mass is 458 g/mol. The summed E-state index contributed by atoms with van der Waals surface area (Å²) in [4.78, 5) is 4.73. The van der Waals surface area contributed by atoms with Gasteiger partial charge in [0, 0.05) is 24.0 Å². The minimum atomic E-state index is -4.36. The van der Waals surface area contributed by atoms with Crippen molar-refractivity contribution in [2.75, 3.05) is 14.2 Å². The number of ether oxygens (including phenoxy) is 2. The van der Waals surface area contributed by atoms with Crippen LogP contribution in [0.3, 0.4) is 0 Å². The highest BCUT2D eigenvalue weighted by Gasteiger charge is 2.42. The Kier molecular flexibility index (Phi) is 5.94. The van der Waals surface area contributed by atoms with Crippen LogP contribution in [0.5, 0.6) is 11.5 Å². The lowest BCUT2D eigenvalue weighted by atomic mass is 9.94. The smallest absolute Gasteiger partial charge is 0.416 e. The molecule has 33 heavy (non-hydrogen) atoms. The normalized spacial score (nSPS) is 20.1. The van der Waals surface area contributed by atoms with Gasteiger partial charge in [-0.1, -0.05) is 18.2 Å². The Balaban J connectivity index is 1.69. The molecule has 9 heteroatoms. The van der Waals surface area contributed by atoms with Gasteiger partial charge in [0.25, 0.3) is 0 Å². The van der Waals surface area contributed by atoms with E-state index < -0.39 is 17.4 Å². The number of hydrogen-bond acceptors (Lipinski definition) is 6. The molecule has 2 aliphatic rings. The molecule has 0 aliphatic carbocycles. The van der Waals surface area contributed by atoms with Gasteiger partial charge in [0.05, 0.1) is 19.8 Å². The van der Waals surface area contributed by atoms with Gasteiger partial charge >= 0.3 is 6.18 Å². The third kappa shape index (κ3) is 4.46. The van der Waals surface area contributed by atoms with E-state index in [9.17, 15) is 13.2 Å². The lowest BCUT2D eigenvalue weighted by Crippen LogP contribution is -2.54. The highest BCUT2D eigenvalue weighted by Crippen LogP contribution is 2.41. The highest BCUT2D eigenvalue weighted by atomic mass is 19.4. The number of halogens is 3. The van der Waals surface area contributed by atoms with Crippen LogP contribution in [-0.2, 0) is 12.7 Å². The second-order valence-electron chi connectivity index (χ2n) is 7.99. The van der Waals surface area contributed by atoms with Crippen LogP contribution in [-0.4, -0.2) is 30.6 Å². The fourth-order valence-electron chi connectivity index (χ4n) is 3.93. The number of hydrazine groups is 1. The molecule has 0 fully saturated rings. The Hall–Kier alpha value is -3.30. The Bertz CT molecular complexity index is 1140. The van der Waals surface area contributed by atoms with Crippen LogP contribution in [0.25, 0.3) is 5.57 Å². The van der Waals surface area contributed by atoms with E-state index >= 15 is 0 Å². The van der Waals surface area contributed by atoms with E-state index in [4.69, 9.17) is 14.5 Å². The highest BCUT2D eigenvalue weighted by molar-refractivity contribution is 5.95. The number of allylic oxidation sites excluding steroid dienone is 1. The number of benzene rings is 2. The fraction of sp³-hybridized carbons (Fsp3) is 0.292. The standard InChI is InChI=1S/C24H25F3N4O2/c1-15-11-12-31-22(29-15)21(17-7-10-19(32-3)20(13-17)33-4)23(2,30-31)28-14-16-5-8-18(9-6-16)24(25,26)27/h5-13,28,30H,14H2,1-4H3. The van der Waals surface area contributed by atoms with E-state index in [1.165, 1.54) is 12.1 Å². The number of methoxy groups -OCH3 is 2. The zero-order valence-corrected chi connectivity index (χ0v) is 18.7. The lowest BCUT2D eigenvalue weighted by molar-refractivity contribution is -0.137. The number of nitrogens with zero attached hydrogens (tertiary/aromatic N) is 2. The molecule has 2 aromatic carbocycles. The molecule has 0 aromatic heterocycles. The SMILES string of the molecule is COc1ccc(C2=C3N=C(C)C=CN3NC2(C)NCc2ccc(C(F)(F)F)cc2)cc1OC. The molecule has 2 N–H and O–H groups in total. The van der Waals surface area contributed by atoms with Gasteiger partial charge < -0.3 is 9.47 Å². The van der Waals surface area contributed by atoms with E-state index in [0.717, 1.165) is 40.4 Å². The maximum atomic E-state index is 12.9. The molecule has 2 aromatic rings. The summed E-state index contributed by atoms with van der Waals surface area (Å²) in [5, 5.41) is 5.28.